The molecule has 27 heavy (non-hydrogen) atoms. The van der Waals surface area contributed by atoms with Crippen LogP contribution in [0.1, 0.15) is 11.1 Å². The minimum absolute atomic E-state index is 0.283. The van der Waals surface area contributed by atoms with Crippen LogP contribution in [0.3, 0.4) is 0 Å². The number of nitrogens with two attached hydrogens (primary N) is 2. The van der Waals surface area contributed by atoms with Crippen LogP contribution in [0.4, 0.5) is 0 Å². The van der Waals surface area contributed by atoms with Crippen molar-refractivity contribution in [2.75, 3.05) is 6.61 Å². The molecule has 0 radical (unpaired) electrons. The maximum atomic E-state index is 6.22. The molecule has 1 heterocycles. The molecule has 4 N–H and O–H groups in total. The number of rotatable bonds is 6. The quantitative estimate of drug-likeness (QED) is 0.503. The second-order valence-electron chi connectivity index (χ2n) is 5.91. The van der Waals surface area contributed by atoms with Gasteiger partial charge in [0.2, 0.25) is 0 Å². The summed E-state index contributed by atoms with van der Waals surface area (Å²) in [5.41, 5.74) is 14.3. The fraction of sp³-hybridized carbons (Fsp3) is 0.316. The Balaban J connectivity index is 0.000000817. The topological polar surface area (TPSA) is 79.7 Å². The van der Waals surface area contributed by atoms with Gasteiger partial charge in [0.05, 0.1) is 6.61 Å². The van der Waals surface area contributed by atoms with Crippen molar-refractivity contribution < 1.29 is 30.7 Å². The van der Waals surface area contributed by atoms with E-state index < -0.39 is 22.6 Å². The van der Waals surface area contributed by atoms with Crippen LogP contribution in [0.2, 0.25) is 0 Å². The average molecular weight is 593 g/mol. The van der Waals surface area contributed by atoms with Crippen LogP contribution >= 0.6 is 18.8 Å². The van der Waals surface area contributed by atoms with Crippen LogP contribution in [-0.4, -0.2) is 24.8 Å². The average Bonchev–Trinajstić information content (AvgIpc) is 2.70. The van der Waals surface area contributed by atoms with Gasteiger partial charge >= 0.3 is 35.3 Å². The van der Waals surface area contributed by atoms with E-state index in [2.05, 4.69) is 0 Å². The summed E-state index contributed by atoms with van der Waals surface area (Å²) in [5, 5.41) is 0. The molecule has 1 saturated heterocycles. The Morgan fingerprint density at radius 2 is 1.48 bits per heavy atom. The SMILES string of the molecule is N[C@H]1[C@H](N)CO[C-](OCc2ccccc2)[C@@H]1OCc1ccccc1.[Cl][Pt][Cl]. The van der Waals surface area contributed by atoms with Crippen LogP contribution in [-0.2, 0) is 43.9 Å². The van der Waals surface area contributed by atoms with E-state index in [1.165, 1.54) is 0 Å². The van der Waals surface area contributed by atoms with Crippen LogP contribution in [0.25, 0.3) is 0 Å². The fourth-order valence-electron chi connectivity index (χ4n) is 2.55. The number of hydrogen-bond donors (Lipinski definition) is 2. The second-order valence-corrected chi connectivity index (χ2v) is 9.19. The van der Waals surface area contributed by atoms with Gasteiger partial charge in [0.1, 0.15) is 0 Å². The van der Waals surface area contributed by atoms with E-state index in [0.717, 1.165) is 11.1 Å². The fourth-order valence-corrected chi connectivity index (χ4v) is 2.55. The number of ether oxygens (including phenoxy) is 3. The van der Waals surface area contributed by atoms with Crippen molar-refractivity contribution in [2.45, 2.75) is 31.4 Å². The molecule has 2 aromatic rings. The first kappa shape index (κ1) is 22.8. The summed E-state index contributed by atoms with van der Waals surface area (Å²) < 4.78 is 17.4. The van der Waals surface area contributed by atoms with Gasteiger partial charge in [-0.25, -0.2) is 0 Å². The Kier molecular flexibility index (Phi) is 10.9. The summed E-state index contributed by atoms with van der Waals surface area (Å²) in [6.07, 6.45) is -0.0818. The number of halogens is 2. The van der Waals surface area contributed by atoms with Crippen LogP contribution < -0.4 is 11.5 Å². The van der Waals surface area contributed by atoms with Gasteiger partial charge < -0.3 is 25.7 Å². The molecule has 1 aliphatic rings. The third kappa shape index (κ3) is 7.80. The summed E-state index contributed by atoms with van der Waals surface area (Å²) in [6, 6.07) is 19.2. The molecular weight excluding hydrogens is 570 g/mol. The second kappa shape index (κ2) is 12.9. The Bertz CT molecular complexity index is 639. The molecule has 0 saturated carbocycles. The van der Waals surface area contributed by atoms with Crippen LogP contribution in [0, 0.1) is 6.29 Å². The van der Waals surface area contributed by atoms with E-state index in [1.54, 1.807) is 0 Å². The Morgan fingerprint density at radius 1 is 0.963 bits per heavy atom. The molecule has 3 rings (SSSR count). The van der Waals surface area contributed by atoms with Crippen LogP contribution in [0.15, 0.2) is 60.7 Å². The molecule has 0 aliphatic carbocycles. The third-order valence-corrected chi connectivity index (χ3v) is 3.99. The van der Waals surface area contributed by atoms with Gasteiger partial charge in [0.25, 0.3) is 0 Å². The van der Waals surface area contributed by atoms with E-state index in [9.17, 15) is 0 Å². The first-order valence-electron chi connectivity index (χ1n) is 8.31. The van der Waals surface area contributed by atoms with Gasteiger partial charge in [0, 0.05) is 31.4 Å². The molecule has 2 aromatic carbocycles. The van der Waals surface area contributed by atoms with Crippen molar-refractivity contribution in [3.63, 3.8) is 0 Å². The van der Waals surface area contributed by atoms with E-state index in [1.807, 2.05) is 60.7 Å². The minimum atomic E-state index is -0.488. The molecule has 0 bridgehead atoms. The van der Waals surface area contributed by atoms with Gasteiger partial charge in [-0.2, -0.15) is 0 Å². The van der Waals surface area contributed by atoms with Crippen molar-refractivity contribution in [1.29, 1.82) is 0 Å². The van der Waals surface area contributed by atoms with E-state index in [-0.39, 0.29) is 12.1 Å². The summed E-state index contributed by atoms with van der Waals surface area (Å²) in [7, 11) is 9.75. The summed E-state index contributed by atoms with van der Waals surface area (Å²) >= 11 is -0.472. The van der Waals surface area contributed by atoms with Gasteiger partial charge in [-0.3, -0.25) is 0 Å². The molecular formula is C19H23Cl2N2O3Pt-. The number of hydrogen-bond acceptors (Lipinski definition) is 5. The first-order valence-corrected chi connectivity index (χ1v) is 13.9. The molecule has 0 unspecified atom stereocenters. The monoisotopic (exact) mass is 592 g/mol. The van der Waals surface area contributed by atoms with Crippen molar-refractivity contribution in [2.24, 2.45) is 11.5 Å². The molecule has 8 heteroatoms. The summed E-state index contributed by atoms with van der Waals surface area (Å²) in [5.74, 6) is 0. The maximum absolute atomic E-state index is 6.22. The Labute approximate surface area is 176 Å². The molecule has 0 spiro atoms. The molecule has 1 aliphatic heterocycles. The van der Waals surface area contributed by atoms with E-state index in [4.69, 9.17) is 44.5 Å². The molecule has 0 aromatic heterocycles. The summed E-state index contributed by atoms with van der Waals surface area (Å²) in [6.45, 7) is 1.16. The van der Waals surface area contributed by atoms with Gasteiger partial charge in [-0.05, 0) is 11.1 Å². The predicted molar refractivity (Wildman–Crippen MR) is 103 cm³/mol. The first-order chi connectivity index (χ1) is 13.2. The van der Waals surface area contributed by atoms with Gasteiger partial charge in [-0.15, -0.1) is 0 Å². The molecule has 152 valence electrons. The van der Waals surface area contributed by atoms with Gasteiger partial charge in [0.15, 0.2) is 0 Å². The predicted octanol–water partition coefficient (Wildman–Crippen LogP) is 3.34. The summed E-state index contributed by atoms with van der Waals surface area (Å²) in [4.78, 5) is 0. The van der Waals surface area contributed by atoms with Crippen molar-refractivity contribution in [3.05, 3.63) is 78.1 Å². The molecule has 0 amide bonds. The zero-order valence-corrected chi connectivity index (χ0v) is 18.4. The van der Waals surface area contributed by atoms with Crippen molar-refractivity contribution in [3.8, 4) is 0 Å². The number of benzene rings is 2. The molecule has 1 fully saturated rings. The Hall–Kier alpha value is -0.492. The zero-order valence-electron chi connectivity index (χ0n) is 14.6. The van der Waals surface area contributed by atoms with Gasteiger partial charge in [-0.1, -0.05) is 67.0 Å². The molecule has 5 nitrogen and oxygen atoms in total. The normalized spacial score (nSPS) is 22.9. The van der Waals surface area contributed by atoms with Crippen LogP contribution in [0.5, 0.6) is 0 Å². The van der Waals surface area contributed by atoms with E-state index in [0.29, 0.717) is 26.1 Å². The van der Waals surface area contributed by atoms with Crippen molar-refractivity contribution in [1.82, 2.24) is 0 Å². The van der Waals surface area contributed by atoms with Crippen molar-refractivity contribution >= 4 is 18.8 Å². The zero-order chi connectivity index (χ0) is 19.5. The Morgan fingerprint density at radius 3 is 2.04 bits per heavy atom. The third-order valence-electron chi connectivity index (χ3n) is 3.99. The van der Waals surface area contributed by atoms with E-state index >= 15 is 0 Å². The standard InChI is InChI=1S/C19H23N2O3.2ClH.Pt/c20-16-13-24-19(23-12-15-9-5-2-6-10-15)18(17(16)21)22-11-14-7-3-1-4-8-14;;;/h1-10,16-18H,11-13,20-21H2;2*1H;/q-1;;;+2/p-2/t16-,17+,18-;;;/m1.../s1. The molecule has 3 atom stereocenters.